The molecule has 1 aliphatic carbocycles. The van der Waals surface area contributed by atoms with Crippen LogP contribution in [-0.4, -0.2) is 24.0 Å². The number of pyridine rings is 1. The van der Waals surface area contributed by atoms with E-state index in [-0.39, 0.29) is 5.91 Å². The first-order valence-electron chi connectivity index (χ1n) is 9.85. The topological polar surface area (TPSA) is 45.2 Å². The first kappa shape index (κ1) is 17.6. The second kappa shape index (κ2) is 7.83. The summed E-state index contributed by atoms with van der Waals surface area (Å²) in [6.45, 7) is 2.13. The molecule has 4 nitrogen and oxygen atoms in total. The van der Waals surface area contributed by atoms with Crippen molar-refractivity contribution in [2.24, 2.45) is 5.92 Å². The van der Waals surface area contributed by atoms with Gasteiger partial charge in [0, 0.05) is 24.9 Å². The molecule has 4 rings (SSSR count). The molecule has 0 spiro atoms. The molecule has 1 N–H and O–H groups in total. The van der Waals surface area contributed by atoms with E-state index in [9.17, 15) is 4.79 Å². The number of aromatic nitrogens is 1. The number of nitrogens with zero attached hydrogens (tertiary/aromatic N) is 2. The summed E-state index contributed by atoms with van der Waals surface area (Å²) in [4.78, 5) is 19.7. The quantitative estimate of drug-likeness (QED) is 0.782. The lowest BCUT2D eigenvalue weighted by Gasteiger charge is -2.21. The van der Waals surface area contributed by atoms with Gasteiger partial charge in [-0.25, -0.2) is 4.98 Å². The fourth-order valence-electron chi connectivity index (χ4n) is 4.26. The number of amides is 1. The van der Waals surface area contributed by atoms with Crippen LogP contribution in [0.4, 0.5) is 11.5 Å². The third-order valence-corrected chi connectivity index (χ3v) is 6.01. The number of hydrogen-bond donors (Lipinski definition) is 1. The normalized spacial score (nSPS) is 18.4. The van der Waals surface area contributed by atoms with Gasteiger partial charge in [0.1, 0.15) is 5.82 Å². The maximum Gasteiger partial charge on any atom is 0.224 e. The minimum Gasteiger partial charge on any atom is -0.357 e. The molecule has 1 aromatic heterocycles. The highest BCUT2D eigenvalue weighted by Gasteiger charge is 2.19. The second-order valence-electron chi connectivity index (χ2n) is 7.61. The number of carbonyl (C=O) groups is 1. The number of halogens is 1. The molecule has 1 aromatic carbocycles. The first-order chi connectivity index (χ1) is 12.7. The summed E-state index contributed by atoms with van der Waals surface area (Å²) in [7, 11) is 0. The van der Waals surface area contributed by atoms with Crippen molar-refractivity contribution in [2.45, 2.75) is 51.4 Å². The molecule has 2 aliphatic rings. The Bertz CT molecular complexity index is 795. The Hall–Kier alpha value is -1.81. The van der Waals surface area contributed by atoms with E-state index in [2.05, 4.69) is 10.2 Å². The number of anilines is 2. The largest absolute Gasteiger partial charge is 0.357 e. The Balaban J connectivity index is 1.55. The Morgan fingerprint density at radius 1 is 1.08 bits per heavy atom. The van der Waals surface area contributed by atoms with Gasteiger partial charge in [0.05, 0.1) is 16.2 Å². The highest BCUT2D eigenvalue weighted by atomic mass is 35.5. The Labute approximate surface area is 159 Å². The van der Waals surface area contributed by atoms with Crippen LogP contribution in [-0.2, 0) is 4.79 Å². The molecule has 1 saturated carbocycles. The fraction of sp³-hybridized carbons (Fsp3) is 0.524. The van der Waals surface area contributed by atoms with Crippen molar-refractivity contribution in [1.29, 1.82) is 0 Å². The molecule has 26 heavy (non-hydrogen) atoms. The minimum absolute atomic E-state index is 0.0647. The zero-order chi connectivity index (χ0) is 17.9. The molecular weight excluding hydrogens is 346 g/mol. The summed E-state index contributed by atoms with van der Waals surface area (Å²) in [5.74, 6) is 1.59. The van der Waals surface area contributed by atoms with Crippen molar-refractivity contribution in [3.8, 4) is 0 Å². The second-order valence-corrected chi connectivity index (χ2v) is 8.02. The smallest absolute Gasteiger partial charge is 0.224 e. The summed E-state index contributed by atoms with van der Waals surface area (Å²) in [6, 6.07) is 7.85. The number of carbonyl (C=O) groups excluding carboxylic acids is 1. The highest BCUT2D eigenvalue weighted by molar-refractivity contribution is 6.35. The van der Waals surface area contributed by atoms with Gasteiger partial charge in [-0.05, 0) is 55.9 Å². The number of benzene rings is 1. The van der Waals surface area contributed by atoms with Gasteiger partial charge in [-0.2, -0.15) is 0 Å². The molecule has 0 unspecified atom stereocenters. The maximum absolute atomic E-state index is 12.6. The third kappa shape index (κ3) is 3.80. The van der Waals surface area contributed by atoms with Gasteiger partial charge in [-0.1, -0.05) is 30.9 Å². The average molecular weight is 372 g/mol. The van der Waals surface area contributed by atoms with Gasteiger partial charge in [-0.15, -0.1) is 0 Å². The Morgan fingerprint density at radius 3 is 2.62 bits per heavy atom. The van der Waals surface area contributed by atoms with Crippen LogP contribution < -0.4 is 10.2 Å². The van der Waals surface area contributed by atoms with Gasteiger partial charge in [0.25, 0.3) is 0 Å². The van der Waals surface area contributed by atoms with E-state index in [0.29, 0.717) is 23.0 Å². The molecule has 1 amide bonds. The van der Waals surface area contributed by atoms with Crippen LogP contribution in [0.15, 0.2) is 24.3 Å². The van der Waals surface area contributed by atoms with Crippen molar-refractivity contribution in [3.05, 3.63) is 29.3 Å². The van der Waals surface area contributed by atoms with Gasteiger partial charge >= 0.3 is 0 Å². The van der Waals surface area contributed by atoms with Crippen LogP contribution in [0.2, 0.25) is 5.02 Å². The van der Waals surface area contributed by atoms with E-state index in [0.717, 1.165) is 42.7 Å². The fourth-order valence-corrected chi connectivity index (χ4v) is 4.47. The number of rotatable bonds is 4. The van der Waals surface area contributed by atoms with E-state index >= 15 is 0 Å². The van der Waals surface area contributed by atoms with Crippen molar-refractivity contribution in [1.82, 2.24) is 4.98 Å². The molecular formula is C21H26ClN3O. The lowest BCUT2D eigenvalue weighted by atomic mass is 9.87. The summed E-state index contributed by atoms with van der Waals surface area (Å²) in [5, 5.41) is 4.55. The van der Waals surface area contributed by atoms with E-state index in [4.69, 9.17) is 16.6 Å². The molecule has 138 valence electrons. The standard InChI is InChI=1S/C21H26ClN3O/c22-17-9-10-18-16(8-11-19(23-18)25-12-4-5-13-25)21(17)24-20(26)14-15-6-2-1-3-7-15/h8-11,15H,1-7,12-14H2,(H,24,26). The van der Waals surface area contributed by atoms with Gasteiger partial charge in [0.15, 0.2) is 0 Å². The molecule has 1 aliphatic heterocycles. The zero-order valence-corrected chi connectivity index (χ0v) is 15.9. The van der Waals surface area contributed by atoms with E-state index in [1.54, 1.807) is 0 Å². The highest BCUT2D eigenvalue weighted by Crippen LogP contribution is 2.33. The Kier molecular flexibility index (Phi) is 5.30. The predicted molar refractivity (Wildman–Crippen MR) is 108 cm³/mol. The first-order valence-corrected chi connectivity index (χ1v) is 10.2. The molecule has 2 heterocycles. The molecule has 0 atom stereocenters. The van der Waals surface area contributed by atoms with Crippen LogP contribution in [0.1, 0.15) is 51.4 Å². The summed E-state index contributed by atoms with van der Waals surface area (Å²) in [6.07, 6.45) is 9.16. The minimum atomic E-state index is 0.0647. The molecule has 0 bridgehead atoms. The monoisotopic (exact) mass is 371 g/mol. The predicted octanol–water partition coefficient (Wildman–Crippen LogP) is 5.40. The Morgan fingerprint density at radius 2 is 1.85 bits per heavy atom. The molecule has 5 heteroatoms. The SMILES string of the molecule is O=C(CC1CCCCC1)Nc1c(Cl)ccc2nc(N3CCCC3)ccc12. The van der Waals surface area contributed by atoms with E-state index in [1.165, 1.54) is 32.1 Å². The summed E-state index contributed by atoms with van der Waals surface area (Å²) < 4.78 is 0. The molecule has 1 saturated heterocycles. The molecule has 0 radical (unpaired) electrons. The maximum atomic E-state index is 12.6. The zero-order valence-electron chi connectivity index (χ0n) is 15.1. The van der Waals surface area contributed by atoms with Crippen LogP contribution in [0.3, 0.4) is 0 Å². The van der Waals surface area contributed by atoms with Gasteiger partial charge < -0.3 is 10.2 Å². The van der Waals surface area contributed by atoms with Crippen molar-refractivity contribution in [3.63, 3.8) is 0 Å². The number of nitrogens with one attached hydrogen (secondary N) is 1. The van der Waals surface area contributed by atoms with E-state index < -0.39 is 0 Å². The number of fused-ring (bicyclic) bond motifs is 1. The summed E-state index contributed by atoms with van der Waals surface area (Å²) >= 11 is 6.40. The number of hydrogen-bond acceptors (Lipinski definition) is 3. The van der Waals surface area contributed by atoms with Crippen LogP contribution in [0, 0.1) is 5.92 Å². The van der Waals surface area contributed by atoms with Crippen LogP contribution in [0.5, 0.6) is 0 Å². The van der Waals surface area contributed by atoms with Crippen molar-refractivity contribution in [2.75, 3.05) is 23.3 Å². The van der Waals surface area contributed by atoms with Crippen molar-refractivity contribution >= 4 is 39.9 Å². The van der Waals surface area contributed by atoms with Gasteiger partial charge in [-0.3, -0.25) is 4.79 Å². The van der Waals surface area contributed by atoms with Crippen LogP contribution >= 0.6 is 11.6 Å². The van der Waals surface area contributed by atoms with Crippen LogP contribution in [0.25, 0.3) is 10.9 Å². The molecule has 2 fully saturated rings. The summed E-state index contributed by atoms with van der Waals surface area (Å²) in [5.41, 5.74) is 1.58. The lowest BCUT2D eigenvalue weighted by Crippen LogP contribution is -2.19. The lowest BCUT2D eigenvalue weighted by molar-refractivity contribution is -0.117. The molecule has 2 aromatic rings. The third-order valence-electron chi connectivity index (χ3n) is 5.70. The van der Waals surface area contributed by atoms with Gasteiger partial charge in [0.2, 0.25) is 5.91 Å². The van der Waals surface area contributed by atoms with Crippen molar-refractivity contribution < 1.29 is 4.79 Å². The average Bonchev–Trinajstić information content (AvgIpc) is 3.19. The van der Waals surface area contributed by atoms with E-state index in [1.807, 2.05) is 24.3 Å².